The minimum atomic E-state index is -0.292. The minimum absolute atomic E-state index is 0.207. The molecule has 0 spiro atoms. The average molecular weight is 218 g/mol. The number of carbonyl (C=O) groups excluding carboxylic acids is 1. The van der Waals surface area contributed by atoms with Gasteiger partial charge in [-0.1, -0.05) is 6.92 Å². The molecule has 0 aliphatic heterocycles. The Morgan fingerprint density at radius 2 is 2.38 bits per heavy atom. The smallest absolute Gasteiger partial charge is 0.310 e. The molecular weight excluding hydrogens is 204 g/mol. The zero-order valence-electron chi connectivity index (χ0n) is 9.49. The molecule has 0 amide bonds. The maximum absolute atomic E-state index is 11.1. The fraction of sp³-hybridized carbons (Fsp3) is 0.417. The molecule has 0 saturated heterocycles. The van der Waals surface area contributed by atoms with E-state index in [-0.39, 0.29) is 12.4 Å². The summed E-state index contributed by atoms with van der Waals surface area (Å²) in [5.41, 5.74) is 2.62. The van der Waals surface area contributed by atoms with Crippen LogP contribution in [0.5, 0.6) is 0 Å². The lowest BCUT2D eigenvalue weighted by molar-refractivity contribution is -0.139. The van der Waals surface area contributed by atoms with Gasteiger partial charge >= 0.3 is 5.97 Å². The first-order chi connectivity index (χ1) is 7.71. The molecule has 0 aliphatic rings. The molecule has 0 unspecified atom stereocenters. The molecule has 1 aromatic rings. The second-order valence-electron chi connectivity index (χ2n) is 3.37. The normalized spacial score (nSPS) is 9.56. The van der Waals surface area contributed by atoms with Crippen LogP contribution in [0.2, 0.25) is 0 Å². The van der Waals surface area contributed by atoms with Gasteiger partial charge in [0.2, 0.25) is 6.54 Å². The fourth-order valence-electron chi connectivity index (χ4n) is 1.46. The molecule has 0 bridgehead atoms. The highest BCUT2D eigenvalue weighted by Gasteiger charge is 2.09. The van der Waals surface area contributed by atoms with Crippen molar-refractivity contribution in [3.8, 4) is 0 Å². The van der Waals surface area contributed by atoms with Crippen molar-refractivity contribution in [1.29, 1.82) is 0 Å². The molecule has 0 aliphatic carbocycles. The van der Waals surface area contributed by atoms with E-state index in [1.807, 2.05) is 13.0 Å². The third kappa shape index (κ3) is 3.06. The predicted octanol–water partition coefficient (Wildman–Crippen LogP) is 1.78. The fourth-order valence-corrected chi connectivity index (χ4v) is 1.46. The van der Waals surface area contributed by atoms with E-state index in [1.54, 1.807) is 6.20 Å². The first kappa shape index (κ1) is 12.2. The van der Waals surface area contributed by atoms with Gasteiger partial charge in [-0.2, -0.15) is 0 Å². The van der Waals surface area contributed by atoms with Crippen molar-refractivity contribution in [2.75, 3.05) is 7.11 Å². The van der Waals surface area contributed by atoms with Gasteiger partial charge in [-0.15, -0.1) is 0 Å². The summed E-state index contributed by atoms with van der Waals surface area (Å²) in [4.78, 5) is 18.7. The number of carbonyl (C=O) groups is 1. The Kier molecular flexibility index (Phi) is 4.46. The van der Waals surface area contributed by atoms with E-state index < -0.39 is 0 Å². The molecule has 0 saturated carbocycles. The van der Waals surface area contributed by atoms with Gasteiger partial charge in [0.25, 0.3) is 0 Å². The number of esters is 1. The first-order valence-electron chi connectivity index (χ1n) is 5.08. The van der Waals surface area contributed by atoms with Gasteiger partial charge < -0.3 is 9.58 Å². The number of hydrogen-bond acceptors (Lipinski definition) is 3. The number of methoxy groups -OCH3 is 1. The monoisotopic (exact) mass is 218 g/mol. The van der Waals surface area contributed by atoms with Crippen molar-refractivity contribution in [3.05, 3.63) is 40.5 Å². The molecule has 0 N–H and O–H groups in total. The van der Waals surface area contributed by atoms with Crippen LogP contribution in [0.4, 0.5) is 0 Å². The van der Waals surface area contributed by atoms with Crippen LogP contribution in [0.15, 0.2) is 12.3 Å². The van der Waals surface area contributed by atoms with Crippen molar-refractivity contribution < 1.29 is 9.53 Å². The number of hydrogen-bond donors (Lipinski definition) is 0. The van der Waals surface area contributed by atoms with Crippen molar-refractivity contribution in [1.82, 2.24) is 4.98 Å². The summed E-state index contributed by atoms with van der Waals surface area (Å²) in [6.07, 6.45) is 2.67. The van der Waals surface area contributed by atoms with Gasteiger partial charge in [0.15, 0.2) is 0 Å². The summed E-state index contributed by atoms with van der Waals surface area (Å²) in [5, 5.41) is 0. The average Bonchev–Trinajstić information content (AvgIpc) is 2.30. The second-order valence-corrected chi connectivity index (χ2v) is 3.37. The number of ether oxygens (including phenoxy) is 1. The summed E-state index contributed by atoms with van der Waals surface area (Å²) in [6, 6.07) is 1.86. The van der Waals surface area contributed by atoms with Crippen molar-refractivity contribution in [2.45, 2.75) is 26.3 Å². The number of nitrogens with zero attached hydrogens (tertiary/aromatic N) is 2. The van der Waals surface area contributed by atoms with Gasteiger partial charge in [-0.3, -0.25) is 9.78 Å². The van der Waals surface area contributed by atoms with E-state index in [2.05, 4.69) is 14.6 Å². The van der Waals surface area contributed by atoms with E-state index in [4.69, 9.17) is 6.57 Å². The molecule has 1 aromatic heterocycles. The van der Waals surface area contributed by atoms with Crippen LogP contribution in [0, 0.1) is 6.57 Å². The number of rotatable bonds is 4. The number of pyridine rings is 1. The van der Waals surface area contributed by atoms with Crippen LogP contribution < -0.4 is 0 Å². The number of aryl methyl sites for hydroxylation is 1. The highest BCUT2D eigenvalue weighted by Crippen LogP contribution is 2.12. The van der Waals surface area contributed by atoms with Gasteiger partial charge in [0, 0.05) is 6.20 Å². The highest BCUT2D eigenvalue weighted by molar-refractivity contribution is 5.72. The SMILES string of the molecule is [C-]#[N+]Cc1cc(CC(=O)OC)cnc1CC. The molecule has 4 nitrogen and oxygen atoms in total. The molecular formula is C12H14N2O2. The molecule has 0 atom stereocenters. The molecule has 0 radical (unpaired) electrons. The molecule has 16 heavy (non-hydrogen) atoms. The minimum Gasteiger partial charge on any atom is -0.469 e. The first-order valence-corrected chi connectivity index (χ1v) is 5.08. The van der Waals surface area contributed by atoms with Crippen molar-refractivity contribution in [3.63, 3.8) is 0 Å². The summed E-state index contributed by atoms with van der Waals surface area (Å²) in [7, 11) is 1.36. The highest BCUT2D eigenvalue weighted by atomic mass is 16.5. The third-order valence-corrected chi connectivity index (χ3v) is 2.28. The molecule has 84 valence electrons. The van der Waals surface area contributed by atoms with Crippen LogP contribution in [0.3, 0.4) is 0 Å². The molecule has 1 rings (SSSR count). The Bertz CT molecular complexity index is 422. The van der Waals surface area contributed by atoms with Crippen LogP contribution in [0.1, 0.15) is 23.7 Å². The lowest BCUT2D eigenvalue weighted by atomic mass is 10.1. The van der Waals surface area contributed by atoms with Crippen LogP contribution >= 0.6 is 0 Å². The molecule has 0 fully saturated rings. The van der Waals surface area contributed by atoms with Gasteiger partial charge in [0.05, 0.1) is 24.8 Å². The van der Waals surface area contributed by atoms with Gasteiger partial charge in [0.1, 0.15) is 0 Å². The zero-order valence-corrected chi connectivity index (χ0v) is 9.49. The molecule has 4 heteroatoms. The lowest BCUT2D eigenvalue weighted by Crippen LogP contribution is -2.06. The van der Waals surface area contributed by atoms with E-state index in [0.29, 0.717) is 6.54 Å². The largest absolute Gasteiger partial charge is 0.469 e. The lowest BCUT2D eigenvalue weighted by Gasteiger charge is -2.04. The Balaban J connectivity index is 2.93. The number of aromatic nitrogens is 1. The van der Waals surface area contributed by atoms with Crippen LogP contribution in [0.25, 0.3) is 4.85 Å². The third-order valence-electron chi connectivity index (χ3n) is 2.28. The maximum Gasteiger partial charge on any atom is 0.310 e. The van der Waals surface area contributed by atoms with E-state index in [1.165, 1.54) is 7.11 Å². The van der Waals surface area contributed by atoms with Crippen molar-refractivity contribution >= 4 is 5.97 Å². The summed E-state index contributed by atoms with van der Waals surface area (Å²) in [6.45, 7) is 9.17. The predicted molar refractivity (Wildman–Crippen MR) is 59.6 cm³/mol. The van der Waals surface area contributed by atoms with E-state index >= 15 is 0 Å². The molecule has 0 aromatic carbocycles. The van der Waals surface area contributed by atoms with E-state index in [0.717, 1.165) is 23.2 Å². The quantitative estimate of drug-likeness (QED) is 0.571. The van der Waals surface area contributed by atoms with Gasteiger partial charge in [-0.25, -0.2) is 6.57 Å². The molecule has 1 heterocycles. The topological polar surface area (TPSA) is 43.5 Å². The second kappa shape index (κ2) is 5.86. The summed E-state index contributed by atoms with van der Waals surface area (Å²) >= 11 is 0. The standard InChI is InChI=1S/C12H14N2O2/c1-4-11-10(8-13-2)5-9(7-14-11)6-12(15)16-3/h5,7H,4,6,8H2,1,3H3. The van der Waals surface area contributed by atoms with E-state index in [9.17, 15) is 4.79 Å². The maximum atomic E-state index is 11.1. The Morgan fingerprint density at radius 3 is 2.94 bits per heavy atom. The zero-order chi connectivity index (χ0) is 12.0. The van der Waals surface area contributed by atoms with Crippen molar-refractivity contribution in [2.24, 2.45) is 0 Å². The Labute approximate surface area is 95.1 Å². The summed E-state index contributed by atoms with van der Waals surface area (Å²) < 4.78 is 4.58. The Morgan fingerprint density at radius 1 is 1.62 bits per heavy atom. The van der Waals surface area contributed by atoms with Crippen LogP contribution in [-0.2, 0) is 28.9 Å². The van der Waals surface area contributed by atoms with Gasteiger partial charge in [-0.05, 0) is 18.1 Å². The summed E-state index contributed by atoms with van der Waals surface area (Å²) in [5.74, 6) is -0.292. The Hall–Kier alpha value is -1.89. The van der Waals surface area contributed by atoms with Crippen LogP contribution in [-0.4, -0.2) is 18.1 Å².